The largest absolute Gasteiger partial charge is 0.300 e. The number of hydrogen-bond acceptors (Lipinski definition) is 1. The van der Waals surface area contributed by atoms with Crippen molar-refractivity contribution in [2.45, 2.75) is 13.8 Å². The predicted octanol–water partition coefficient (Wildman–Crippen LogP) is 2.22. The van der Waals surface area contributed by atoms with Crippen LogP contribution in [0.1, 0.15) is 11.4 Å². The van der Waals surface area contributed by atoms with Gasteiger partial charge < -0.3 is 0 Å². The van der Waals surface area contributed by atoms with Gasteiger partial charge in [-0.25, -0.2) is 0 Å². The Hall–Kier alpha value is -0.320. The van der Waals surface area contributed by atoms with Gasteiger partial charge >= 0.3 is 0 Å². The summed E-state index contributed by atoms with van der Waals surface area (Å²) in [6.45, 7) is 3.83. The molecule has 3 heteroatoms. The van der Waals surface area contributed by atoms with Crippen molar-refractivity contribution >= 4 is 28.3 Å². The normalized spacial score (nSPS) is 9.90. The molecular weight excluding hydrogens is 239 g/mol. The van der Waals surface area contributed by atoms with Crippen molar-refractivity contribution in [3.8, 4) is 0 Å². The van der Waals surface area contributed by atoms with E-state index in [1.54, 1.807) is 6.07 Å². The lowest BCUT2D eigenvalue weighted by molar-refractivity contribution is 1.10. The lowest BCUT2D eigenvalue weighted by Gasteiger charge is -2.01. The molecule has 0 saturated heterocycles. The Balaban J connectivity index is 3.31. The number of halogens is 1. The maximum absolute atomic E-state index is 7.45. The van der Waals surface area contributed by atoms with Gasteiger partial charge in [0.05, 0.1) is 15.0 Å². The standard InChI is InChI=1S/C7H8IN2/c1-4-3-6(9)7(8)5(2)10-4/h3,9H,1-2H3. The van der Waals surface area contributed by atoms with E-state index in [0.717, 1.165) is 15.0 Å². The van der Waals surface area contributed by atoms with Gasteiger partial charge in [0.1, 0.15) is 0 Å². The molecule has 0 aliphatic rings. The van der Waals surface area contributed by atoms with Crippen molar-refractivity contribution in [3.05, 3.63) is 21.0 Å². The number of hydrogen-bond donors (Lipinski definition) is 0. The van der Waals surface area contributed by atoms with Crippen molar-refractivity contribution in [2.24, 2.45) is 0 Å². The summed E-state index contributed by atoms with van der Waals surface area (Å²) in [5.41, 5.74) is 9.90. The molecule has 1 heterocycles. The monoisotopic (exact) mass is 247 g/mol. The molecule has 0 amide bonds. The van der Waals surface area contributed by atoms with Crippen molar-refractivity contribution in [1.29, 1.82) is 0 Å². The van der Waals surface area contributed by atoms with Crippen molar-refractivity contribution in [3.63, 3.8) is 0 Å². The number of aromatic nitrogens is 1. The van der Waals surface area contributed by atoms with Gasteiger partial charge in [0.2, 0.25) is 0 Å². The molecule has 0 aliphatic carbocycles. The molecule has 1 radical (unpaired) electrons. The molecule has 0 saturated carbocycles. The summed E-state index contributed by atoms with van der Waals surface area (Å²) in [6.07, 6.45) is 0. The molecule has 10 heavy (non-hydrogen) atoms. The summed E-state index contributed by atoms with van der Waals surface area (Å²) in [7, 11) is 0. The van der Waals surface area contributed by atoms with E-state index in [-0.39, 0.29) is 0 Å². The fourth-order valence-electron chi connectivity index (χ4n) is 0.813. The van der Waals surface area contributed by atoms with Gasteiger partial charge in [0.25, 0.3) is 0 Å². The van der Waals surface area contributed by atoms with E-state index in [9.17, 15) is 0 Å². The highest BCUT2D eigenvalue weighted by Crippen LogP contribution is 2.18. The maximum Gasteiger partial charge on any atom is 0.0709 e. The minimum atomic E-state index is 0.575. The molecule has 53 valence electrons. The minimum Gasteiger partial charge on any atom is -0.300 e. The number of aryl methyl sites for hydroxylation is 2. The van der Waals surface area contributed by atoms with Crippen LogP contribution in [-0.4, -0.2) is 4.98 Å². The fourth-order valence-corrected chi connectivity index (χ4v) is 1.09. The van der Waals surface area contributed by atoms with Crippen LogP contribution in [0.25, 0.3) is 0 Å². The molecule has 1 N–H and O–H groups in total. The molecule has 2 nitrogen and oxygen atoms in total. The summed E-state index contributed by atoms with van der Waals surface area (Å²) in [5.74, 6) is 0. The van der Waals surface area contributed by atoms with E-state index in [1.807, 2.05) is 13.8 Å². The van der Waals surface area contributed by atoms with Crippen LogP contribution in [0.15, 0.2) is 6.07 Å². The lowest BCUT2D eigenvalue weighted by atomic mass is 10.3. The lowest BCUT2D eigenvalue weighted by Crippen LogP contribution is -1.90. The molecule has 1 aromatic rings. The molecular formula is C7H8IN2. The first-order valence-corrected chi connectivity index (χ1v) is 4.04. The summed E-state index contributed by atoms with van der Waals surface area (Å²) < 4.78 is 0.947. The summed E-state index contributed by atoms with van der Waals surface area (Å²) in [4.78, 5) is 4.21. The van der Waals surface area contributed by atoms with Gasteiger partial charge in [-0.1, -0.05) is 0 Å². The molecule has 0 unspecified atom stereocenters. The van der Waals surface area contributed by atoms with Crippen LogP contribution in [0.3, 0.4) is 0 Å². The first-order valence-electron chi connectivity index (χ1n) is 2.96. The smallest absolute Gasteiger partial charge is 0.0709 e. The van der Waals surface area contributed by atoms with Gasteiger partial charge in [-0.2, -0.15) is 0 Å². The predicted molar refractivity (Wildman–Crippen MR) is 49.2 cm³/mol. The van der Waals surface area contributed by atoms with Crippen LogP contribution in [0.5, 0.6) is 0 Å². The second-order valence-corrected chi connectivity index (χ2v) is 3.29. The first kappa shape index (κ1) is 7.78. The number of pyridine rings is 1. The zero-order chi connectivity index (χ0) is 7.72. The Morgan fingerprint density at radius 3 is 2.60 bits per heavy atom. The molecule has 0 aromatic carbocycles. The molecule has 1 aromatic heterocycles. The Kier molecular flexibility index (Phi) is 2.13. The topological polar surface area (TPSA) is 36.7 Å². The number of nitrogens with one attached hydrogen (secondary N) is 1. The quantitative estimate of drug-likeness (QED) is 0.647. The molecule has 0 atom stereocenters. The maximum atomic E-state index is 7.45. The highest BCUT2D eigenvalue weighted by atomic mass is 127. The van der Waals surface area contributed by atoms with Crippen LogP contribution in [-0.2, 0) is 0 Å². The Bertz CT molecular complexity index is 235. The molecule has 0 spiro atoms. The first-order chi connectivity index (χ1) is 4.61. The Morgan fingerprint density at radius 2 is 2.10 bits per heavy atom. The van der Waals surface area contributed by atoms with Gasteiger partial charge in [-0.15, -0.1) is 0 Å². The van der Waals surface area contributed by atoms with E-state index in [2.05, 4.69) is 27.6 Å². The van der Waals surface area contributed by atoms with Crippen molar-refractivity contribution in [2.75, 3.05) is 0 Å². The number of rotatable bonds is 0. The van der Waals surface area contributed by atoms with Crippen molar-refractivity contribution in [1.82, 2.24) is 10.7 Å². The second kappa shape index (κ2) is 2.74. The van der Waals surface area contributed by atoms with E-state index >= 15 is 0 Å². The molecule has 0 fully saturated rings. The summed E-state index contributed by atoms with van der Waals surface area (Å²) >= 11 is 2.14. The van der Waals surface area contributed by atoms with Crippen LogP contribution < -0.4 is 5.73 Å². The zero-order valence-electron chi connectivity index (χ0n) is 5.90. The third kappa shape index (κ3) is 1.39. The Morgan fingerprint density at radius 1 is 1.50 bits per heavy atom. The fraction of sp³-hybridized carbons (Fsp3) is 0.286. The van der Waals surface area contributed by atoms with Gasteiger partial charge in [0.15, 0.2) is 0 Å². The van der Waals surface area contributed by atoms with Gasteiger partial charge in [-0.05, 0) is 42.5 Å². The van der Waals surface area contributed by atoms with Gasteiger partial charge in [-0.3, -0.25) is 10.7 Å². The van der Waals surface area contributed by atoms with E-state index in [4.69, 9.17) is 5.73 Å². The average Bonchev–Trinajstić information content (AvgIpc) is 1.82. The Labute approximate surface area is 74.0 Å². The summed E-state index contributed by atoms with van der Waals surface area (Å²) in [5, 5.41) is 0. The van der Waals surface area contributed by atoms with Gasteiger partial charge in [0, 0.05) is 5.69 Å². The molecule has 0 bridgehead atoms. The molecule has 1 rings (SSSR count). The SMILES string of the molecule is Cc1cc([NH])c(I)c(C)n1. The highest BCUT2D eigenvalue weighted by molar-refractivity contribution is 14.1. The van der Waals surface area contributed by atoms with Crippen LogP contribution >= 0.6 is 22.6 Å². The third-order valence-electron chi connectivity index (χ3n) is 1.25. The van der Waals surface area contributed by atoms with E-state index < -0.39 is 0 Å². The highest BCUT2D eigenvalue weighted by Gasteiger charge is 2.00. The van der Waals surface area contributed by atoms with Crippen LogP contribution in [0.2, 0.25) is 0 Å². The van der Waals surface area contributed by atoms with Crippen molar-refractivity contribution < 1.29 is 0 Å². The second-order valence-electron chi connectivity index (χ2n) is 2.21. The van der Waals surface area contributed by atoms with E-state index in [1.165, 1.54) is 0 Å². The average molecular weight is 247 g/mol. The number of nitrogens with zero attached hydrogens (tertiary/aromatic N) is 1. The summed E-state index contributed by atoms with van der Waals surface area (Å²) in [6, 6.07) is 1.77. The van der Waals surface area contributed by atoms with Crippen LogP contribution in [0.4, 0.5) is 5.69 Å². The minimum absolute atomic E-state index is 0.575. The molecule has 0 aliphatic heterocycles. The zero-order valence-corrected chi connectivity index (χ0v) is 8.06. The van der Waals surface area contributed by atoms with Crippen LogP contribution in [0, 0.1) is 17.4 Å². The van der Waals surface area contributed by atoms with E-state index in [0.29, 0.717) is 5.69 Å². The third-order valence-corrected chi connectivity index (χ3v) is 2.61.